The maximum atomic E-state index is 12.3. The van der Waals surface area contributed by atoms with Crippen LogP contribution in [0.25, 0.3) is 22.0 Å². The van der Waals surface area contributed by atoms with Gasteiger partial charge in [-0.05, 0) is 40.6 Å². The molecule has 0 unspecified atom stereocenters. The zero-order valence-corrected chi connectivity index (χ0v) is 16.1. The van der Waals surface area contributed by atoms with Crippen LogP contribution in [-0.2, 0) is 4.74 Å². The molecule has 0 aliphatic rings. The van der Waals surface area contributed by atoms with Gasteiger partial charge in [-0.15, -0.1) is 0 Å². The number of carbonyl (C=O) groups is 2. The van der Waals surface area contributed by atoms with E-state index in [-0.39, 0.29) is 0 Å². The SMILES string of the molecule is COC(=O)c1ccc(/C=N/NC(=O)c2cc(-c3ccc4ccccc4c3)n[nH]2)cc1. The van der Waals surface area contributed by atoms with Gasteiger partial charge in [-0.25, -0.2) is 10.2 Å². The fraction of sp³-hybridized carbons (Fsp3) is 0.0435. The average molecular weight is 398 g/mol. The molecular weight excluding hydrogens is 380 g/mol. The standard InChI is InChI=1S/C23H18N4O3/c1-30-23(29)17-8-6-15(7-9-17)14-24-27-22(28)21-13-20(25-26-21)19-11-10-16-4-2-3-5-18(16)12-19/h2-14H,1H3,(H,25,26)(H,27,28)/b24-14+. The Morgan fingerprint density at radius 3 is 2.53 bits per heavy atom. The highest BCUT2D eigenvalue weighted by atomic mass is 16.5. The van der Waals surface area contributed by atoms with Crippen LogP contribution >= 0.6 is 0 Å². The van der Waals surface area contributed by atoms with E-state index in [1.54, 1.807) is 30.3 Å². The van der Waals surface area contributed by atoms with Crippen molar-refractivity contribution in [2.45, 2.75) is 0 Å². The molecule has 1 heterocycles. The highest BCUT2D eigenvalue weighted by molar-refractivity contribution is 5.95. The maximum absolute atomic E-state index is 12.3. The van der Waals surface area contributed by atoms with Gasteiger partial charge in [0.25, 0.3) is 5.91 Å². The van der Waals surface area contributed by atoms with Crippen molar-refractivity contribution in [3.8, 4) is 11.3 Å². The van der Waals surface area contributed by atoms with Crippen LogP contribution in [0.15, 0.2) is 77.9 Å². The third kappa shape index (κ3) is 4.10. The number of nitrogens with one attached hydrogen (secondary N) is 2. The molecule has 0 spiro atoms. The van der Waals surface area contributed by atoms with Crippen molar-refractivity contribution in [1.29, 1.82) is 0 Å². The van der Waals surface area contributed by atoms with Crippen molar-refractivity contribution < 1.29 is 14.3 Å². The van der Waals surface area contributed by atoms with Crippen LogP contribution in [0.1, 0.15) is 26.4 Å². The lowest BCUT2D eigenvalue weighted by atomic mass is 10.1. The second kappa shape index (κ2) is 8.40. The Labute approximate surface area is 172 Å². The largest absolute Gasteiger partial charge is 0.465 e. The molecule has 7 nitrogen and oxygen atoms in total. The Morgan fingerprint density at radius 2 is 1.77 bits per heavy atom. The molecule has 2 N–H and O–H groups in total. The number of fused-ring (bicyclic) bond motifs is 1. The van der Waals surface area contributed by atoms with Crippen molar-refractivity contribution in [2.24, 2.45) is 5.10 Å². The van der Waals surface area contributed by atoms with E-state index >= 15 is 0 Å². The summed E-state index contributed by atoms with van der Waals surface area (Å²) >= 11 is 0. The van der Waals surface area contributed by atoms with Crippen LogP contribution in [0.2, 0.25) is 0 Å². The summed E-state index contributed by atoms with van der Waals surface area (Å²) in [6, 6.07) is 22.4. The minimum atomic E-state index is -0.409. The number of hydrogen-bond donors (Lipinski definition) is 2. The number of nitrogens with zero attached hydrogens (tertiary/aromatic N) is 2. The van der Waals surface area contributed by atoms with E-state index in [1.807, 2.05) is 42.5 Å². The minimum absolute atomic E-state index is 0.302. The number of benzene rings is 3. The van der Waals surface area contributed by atoms with Crippen LogP contribution in [0.5, 0.6) is 0 Å². The van der Waals surface area contributed by atoms with Gasteiger partial charge in [0.05, 0.1) is 24.6 Å². The Kier molecular flexibility index (Phi) is 5.34. The molecule has 0 fully saturated rings. The van der Waals surface area contributed by atoms with E-state index in [9.17, 15) is 9.59 Å². The summed E-state index contributed by atoms with van der Waals surface area (Å²) in [5.41, 5.74) is 5.52. The molecule has 0 saturated carbocycles. The summed E-state index contributed by atoms with van der Waals surface area (Å²) in [5.74, 6) is -0.815. The molecule has 0 bridgehead atoms. The fourth-order valence-corrected chi connectivity index (χ4v) is 2.98. The van der Waals surface area contributed by atoms with E-state index in [0.29, 0.717) is 17.0 Å². The third-order valence-corrected chi connectivity index (χ3v) is 4.58. The minimum Gasteiger partial charge on any atom is -0.465 e. The molecule has 1 amide bonds. The number of H-pyrrole nitrogens is 1. The molecule has 0 aliphatic carbocycles. The average Bonchev–Trinajstić information content (AvgIpc) is 3.29. The fourth-order valence-electron chi connectivity index (χ4n) is 2.98. The maximum Gasteiger partial charge on any atom is 0.337 e. The second-order valence-electron chi connectivity index (χ2n) is 6.54. The van der Waals surface area contributed by atoms with Crippen molar-refractivity contribution in [2.75, 3.05) is 7.11 Å². The second-order valence-corrected chi connectivity index (χ2v) is 6.54. The number of hydrazone groups is 1. The van der Waals surface area contributed by atoms with E-state index in [1.165, 1.54) is 13.3 Å². The van der Waals surface area contributed by atoms with Crippen LogP contribution < -0.4 is 5.43 Å². The van der Waals surface area contributed by atoms with E-state index in [4.69, 9.17) is 0 Å². The summed E-state index contributed by atoms with van der Waals surface area (Å²) in [6.07, 6.45) is 1.49. The summed E-state index contributed by atoms with van der Waals surface area (Å²) in [7, 11) is 1.33. The first-order valence-corrected chi connectivity index (χ1v) is 9.20. The first-order valence-electron chi connectivity index (χ1n) is 9.20. The van der Waals surface area contributed by atoms with Gasteiger partial charge in [0.15, 0.2) is 0 Å². The highest BCUT2D eigenvalue weighted by Crippen LogP contribution is 2.23. The Hall–Kier alpha value is -4.26. The number of aromatic nitrogens is 2. The first-order chi connectivity index (χ1) is 14.6. The number of aromatic amines is 1. The predicted octanol–water partition coefficient (Wildman–Crippen LogP) is 3.78. The lowest BCUT2D eigenvalue weighted by Crippen LogP contribution is -2.18. The van der Waals surface area contributed by atoms with Gasteiger partial charge in [-0.1, -0.05) is 48.5 Å². The lowest BCUT2D eigenvalue weighted by molar-refractivity contribution is 0.0600. The molecule has 0 saturated heterocycles. The zero-order chi connectivity index (χ0) is 20.9. The molecule has 30 heavy (non-hydrogen) atoms. The number of amides is 1. The molecule has 7 heteroatoms. The smallest absolute Gasteiger partial charge is 0.337 e. The number of carbonyl (C=O) groups excluding carboxylic acids is 2. The topological polar surface area (TPSA) is 96.4 Å². The van der Waals surface area contributed by atoms with Gasteiger partial charge in [0, 0.05) is 5.56 Å². The van der Waals surface area contributed by atoms with E-state index in [2.05, 4.69) is 25.5 Å². The van der Waals surface area contributed by atoms with E-state index < -0.39 is 11.9 Å². The molecule has 4 rings (SSSR count). The van der Waals surface area contributed by atoms with Crippen LogP contribution in [0.3, 0.4) is 0 Å². The number of hydrogen-bond acceptors (Lipinski definition) is 5. The highest BCUT2D eigenvalue weighted by Gasteiger charge is 2.11. The quantitative estimate of drug-likeness (QED) is 0.304. The van der Waals surface area contributed by atoms with Crippen LogP contribution in [0.4, 0.5) is 0 Å². The van der Waals surface area contributed by atoms with Crippen molar-refractivity contribution in [3.63, 3.8) is 0 Å². The van der Waals surface area contributed by atoms with Gasteiger partial charge < -0.3 is 4.74 Å². The molecule has 0 radical (unpaired) electrons. The zero-order valence-electron chi connectivity index (χ0n) is 16.1. The van der Waals surface area contributed by atoms with Gasteiger partial charge >= 0.3 is 5.97 Å². The summed E-state index contributed by atoms with van der Waals surface area (Å²) < 4.78 is 4.65. The van der Waals surface area contributed by atoms with Gasteiger partial charge in [0.2, 0.25) is 0 Å². The summed E-state index contributed by atoms with van der Waals surface area (Å²) in [5, 5.41) is 13.2. The number of ether oxygens (including phenoxy) is 1. The molecule has 4 aromatic rings. The van der Waals surface area contributed by atoms with E-state index in [0.717, 1.165) is 21.9 Å². The van der Waals surface area contributed by atoms with Crippen molar-refractivity contribution in [1.82, 2.24) is 15.6 Å². The molecule has 1 aromatic heterocycles. The lowest BCUT2D eigenvalue weighted by Gasteiger charge is -2.00. The number of methoxy groups -OCH3 is 1. The Morgan fingerprint density at radius 1 is 1.00 bits per heavy atom. The first kappa shape index (κ1) is 19.1. The Bertz CT molecular complexity index is 1240. The monoisotopic (exact) mass is 398 g/mol. The third-order valence-electron chi connectivity index (χ3n) is 4.58. The van der Waals surface area contributed by atoms with Gasteiger partial charge in [-0.3, -0.25) is 9.89 Å². The van der Waals surface area contributed by atoms with Crippen LogP contribution in [0, 0.1) is 0 Å². The number of esters is 1. The Balaban J connectivity index is 1.42. The van der Waals surface area contributed by atoms with Crippen LogP contribution in [-0.4, -0.2) is 35.4 Å². The normalized spacial score (nSPS) is 11.0. The molecule has 148 valence electrons. The molecular formula is C23H18N4O3. The molecule has 0 atom stereocenters. The summed E-state index contributed by atoms with van der Waals surface area (Å²) in [6.45, 7) is 0. The molecule has 3 aromatic carbocycles. The van der Waals surface area contributed by atoms with Gasteiger partial charge in [0.1, 0.15) is 5.69 Å². The summed E-state index contributed by atoms with van der Waals surface area (Å²) in [4.78, 5) is 23.7. The van der Waals surface area contributed by atoms with Crippen molar-refractivity contribution in [3.05, 3.63) is 89.6 Å². The molecule has 0 aliphatic heterocycles. The number of rotatable bonds is 5. The van der Waals surface area contributed by atoms with Crippen molar-refractivity contribution >= 4 is 28.9 Å². The predicted molar refractivity (Wildman–Crippen MR) is 114 cm³/mol. The van der Waals surface area contributed by atoms with Gasteiger partial charge in [-0.2, -0.15) is 10.2 Å².